The fourth-order valence-electron chi connectivity index (χ4n) is 0.420. The summed E-state index contributed by atoms with van der Waals surface area (Å²) in [5.41, 5.74) is 0. The van der Waals surface area contributed by atoms with Gasteiger partial charge in [0.2, 0.25) is 0 Å². The van der Waals surface area contributed by atoms with E-state index < -0.39 is 18.7 Å². The molecule has 4 nitrogen and oxygen atoms in total. The lowest BCUT2D eigenvalue weighted by Gasteiger charge is -2.09. The van der Waals surface area contributed by atoms with Crippen molar-refractivity contribution in [3.63, 3.8) is 0 Å². The van der Waals surface area contributed by atoms with Gasteiger partial charge in [0.15, 0.2) is 6.10 Å². The molecule has 0 saturated heterocycles. The fraction of sp³-hybridized carbons (Fsp3) is 0.857. The van der Waals surface area contributed by atoms with Crippen molar-refractivity contribution in [1.82, 2.24) is 0 Å². The first-order valence-electron chi connectivity index (χ1n) is 3.53. The lowest BCUT2D eigenvalue weighted by atomic mass is 10.2. The van der Waals surface area contributed by atoms with Crippen molar-refractivity contribution < 1.29 is 19.7 Å². The highest BCUT2D eigenvalue weighted by Gasteiger charge is 2.14. The molecule has 1 atom stereocenters. The highest BCUT2D eigenvalue weighted by molar-refractivity contribution is 5.74. The number of esters is 1. The Morgan fingerprint density at radius 3 is 2.45 bits per heavy atom. The molecule has 66 valence electrons. The minimum atomic E-state index is -1.39. The first-order chi connectivity index (χ1) is 5.07. The lowest BCUT2D eigenvalue weighted by molar-refractivity contribution is -0.156. The molecular weight excluding hydrogens is 148 g/mol. The Balaban J connectivity index is 3.52. The number of ether oxygens (including phenoxy) is 1. The average Bonchev–Trinajstić information content (AvgIpc) is 1.98. The van der Waals surface area contributed by atoms with Gasteiger partial charge in [0, 0.05) is 0 Å². The molecule has 4 heteroatoms. The molecule has 0 unspecified atom stereocenters. The number of aliphatic hydroxyl groups excluding tert-OH is 2. The minimum absolute atomic E-state index is 0.241. The van der Waals surface area contributed by atoms with Crippen LogP contribution < -0.4 is 0 Å². The molecule has 0 spiro atoms. The molecule has 2 N–H and O–H groups in total. The Kier molecular flexibility index (Phi) is 4.81. The van der Waals surface area contributed by atoms with Crippen LogP contribution in [0.3, 0.4) is 0 Å². The quantitative estimate of drug-likeness (QED) is 0.549. The third kappa shape index (κ3) is 4.75. The monoisotopic (exact) mass is 162 g/mol. The van der Waals surface area contributed by atoms with E-state index in [2.05, 4.69) is 4.74 Å². The molecule has 0 radical (unpaired) electrons. The second-order valence-corrected chi connectivity index (χ2v) is 2.72. The van der Waals surface area contributed by atoms with Crippen LogP contribution in [0.1, 0.15) is 13.8 Å². The van der Waals surface area contributed by atoms with Gasteiger partial charge in [-0.2, -0.15) is 0 Å². The van der Waals surface area contributed by atoms with Crippen molar-refractivity contribution >= 4 is 5.97 Å². The van der Waals surface area contributed by atoms with Crippen molar-refractivity contribution in [2.45, 2.75) is 20.0 Å². The summed E-state index contributed by atoms with van der Waals surface area (Å²) in [6.45, 7) is 3.46. The Morgan fingerprint density at radius 1 is 1.55 bits per heavy atom. The van der Waals surface area contributed by atoms with Crippen LogP contribution in [0.15, 0.2) is 0 Å². The van der Waals surface area contributed by atoms with Gasteiger partial charge in [0.05, 0.1) is 13.2 Å². The van der Waals surface area contributed by atoms with Gasteiger partial charge < -0.3 is 14.9 Å². The maximum Gasteiger partial charge on any atom is 0.337 e. The van der Waals surface area contributed by atoms with E-state index in [9.17, 15) is 4.79 Å². The highest BCUT2D eigenvalue weighted by Crippen LogP contribution is 1.95. The topological polar surface area (TPSA) is 66.8 Å². The van der Waals surface area contributed by atoms with Crippen LogP contribution in [0.4, 0.5) is 0 Å². The van der Waals surface area contributed by atoms with Crippen molar-refractivity contribution in [1.29, 1.82) is 0 Å². The highest BCUT2D eigenvalue weighted by atomic mass is 16.5. The summed E-state index contributed by atoms with van der Waals surface area (Å²) < 4.78 is 4.61. The van der Waals surface area contributed by atoms with E-state index in [0.717, 1.165) is 0 Å². The second kappa shape index (κ2) is 5.09. The van der Waals surface area contributed by atoms with Gasteiger partial charge in [0.1, 0.15) is 0 Å². The molecule has 0 fully saturated rings. The molecule has 0 aliphatic heterocycles. The van der Waals surface area contributed by atoms with Crippen LogP contribution in [-0.2, 0) is 9.53 Å². The zero-order chi connectivity index (χ0) is 8.85. The third-order valence-corrected chi connectivity index (χ3v) is 1.00. The third-order valence-electron chi connectivity index (χ3n) is 1.00. The molecule has 0 aliphatic carbocycles. The van der Waals surface area contributed by atoms with Crippen LogP contribution in [0.25, 0.3) is 0 Å². The van der Waals surface area contributed by atoms with Crippen molar-refractivity contribution in [2.24, 2.45) is 5.92 Å². The normalized spacial score (nSPS) is 13.2. The molecule has 0 saturated carbocycles. The minimum Gasteiger partial charge on any atom is -0.463 e. The van der Waals surface area contributed by atoms with Crippen LogP contribution in [0, 0.1) is 5.92 Å². The van der Waals surface area contributed by atoms with E-state index >= 15 is 0 Å². The maximum absolute atomic E-state index is 10.6. The second-order valence-electron chi connectivity index (χ2n) is 2.72. The molecule has 0 aromatic heterocycles. The number of hydrogen-bond donors (Lipinski definition) is 2. The number of carbonyl (C=O) groups excluding carboxylic acids is 1. The molecule has 0 aromatic carbocycles. The lowest BCUT2D eigenvalue weighted by Crippen LogP contribution is -2.27. The smallest absolute Gasteiger partial charge is 0.337 e. The Labute approximate surface area is 65.8 Å². The Hall–Kier alpha value is -0.610. The van der Waals surface area contributed by atoms with E-state index in [1.807, 2.05) is 13.8 Å². The molecular formula is C7H14O4. The molecule has 0 rings (SSSR count). The van der Waals surface area contributed by atoms with Gasteiger partial charge in [-0.15, -0.1) is 0 Å². The average molecular weight is 162 g/mol. The van der Waals surface area contributed by atoms with Crippen LogP contribution >= 0.6 is 0 Å². The van der Waals surface area contributed by atoms with Crippen molar-refractivity contribution in [3.8, 4) is 0 Å². The number of carbonyl (C=O) groups is 1. The number of hydrogen-bond acceptors (Lipinski definition) is 4. The summed E-state index contributed by atoms with van der Waals surface area (Å²) in [7, 11) is 0. The SMILES string of the molecule is CC(C)COC(=O)[C@@H](O)CO. The van der Waals surface area contributed by atoms with Crippen molar-refractivity contribution in [3.05, 3.63) is 0 Å². The standard InChI is InChI=1S/C7H14O4/c1-5(2)4-11-7(10)6(9)3-8/h5-6,8-9H,3-4H2,1-2H3/t6-/m0/s1. The number of rotatable bonds is 4. The Bertz CT molecular complexity index is 122. The van der Waals surface area contributed by atoms with E-state index in [1.165, 1.54) is 0 Å². The molecule has 11 heavy (non-hydrogen) atoms. The predicted molar refractivity (Wildman–Crippen MR) is 38.9 cm³/mol. The van der Waals surface area contributed by atoms with Crippen LogP contribution in [-0.4, -0.2) is 35.5 Å². The zero-order valence-electron chi connectivity index (χ0n) is 6.78. The molecule has 0 amide bonds. The van der Waals surface area contributed by atoms with Gasteiger partial charge >= 0.3 is 5.97 Å². The first kappa shape index (κ1) is 10.4. The van der Waals surface area contributed by atoms with E-state index in [-0.39, 0.29) is 12.5 Å². The maximum atomic E-state index is 10.6. The summed E-state index contributed by atoms with van der Waals surface area (Å²) in [4.78, 5) is 10.6. The fourth-order valence-corrected chi connectivity index (χ4v) is 0.420. The summed E-state index contributed by atoms with van der Waals surface area (Å²) in [5.74, 6) is -0.522. The summed E-state index contributed by atoms with van der Waals surface area (Å²) in [6, 6.07) is 0. The van der Waals surface area contributed by atoms with Gasteiger partial charge in [-0.1, -0.05) is 13.8 Å². The van der Waals surface area contributed by atoms with E-state index in [4.69, 9.17) is 10.2 Å². The van der Waals surface area contributed by atoms with Crippen LogP contribution in [0.2, 0.25) is 0 Å². The molecule has 0 heterocycles. The molecule has 0 aromatic rings. The van der Waals surface area contributed by atoms with Gasteiger partial charge in [-0.3, -0.25) is 0 Å². The summed E-state index contributed by atoms with van der Waals surface area (Å²) in [5, 5.41) is 17.0. The number of aliphatic hydroxyl groups is 2. The van der Waals surface area contributed by atoms with Gasteiger partial charge in [0.25, 0.3) is 0 Å². The summed E-state index contributed by atoms with van der Waals surface area (Å²) >= 11 is 0. The van der Waals surface area contributed by atoms with E-state index in [1.54, 1.807) is 0 Å². The van der Waals surface area contributed by atoms with Crippen LogP contribution in [0.5, 0.6) is 0 Å². The van der Waals surface area contributed by atoms with Crippen molar-refractivity contribution in [2.75, 3.05) is 13.2 Å². The molecule has 0 aliphatic rings. The first-order valence-corrected chi connectivity index (χ1v) is 3.53. The van der Waals surface area contributed by atoms with Gasteiger partial charge in [-0.05, 0) is 5.92 Å². The molecule has 0 bridgehead atoms. The largest absolute Gasteiger partial charge is 0.463 e. The predicted octanol–water partition coefficient (Wildman–Crippen LogP) is -0.461. The van der Waals surface area contributed by atoms with Gasteiger partial charge in [-0.25, -0.2) is 4.79 Å². The Morgan fingerprint density at radius 2 is 2.09 bits per heavy atom. The summed E-state index contributed by atoms with van der Waals surface area (Å²) in [6.07, 6.45) is -1.39. The zero-order valence-corrected chi connectivity index (χ0v) is 6.78. The van der Waals surface area contributed by atoms with E-state index in [0.29, 0.717) is 0 Å².